The Hall–Kier alpha value is -2.83. The first-order chi connectivity index (χ1) is 11.1. The van der Waals surface area contributed by atoms with Crippen molar-refractivity contribution in [2.24, 2.45) is 0 Å². The number of carbonyl (C=O) groups is 2. The molecule has 1 N–H and O–H groups in total. The quantitative estimate of drug-likeness (QED) is 0.929. The van der Waals surface area contributed by atoms with E-state index in [9.17, 15) is 14.7 Å². The Morgan fingerprint density at radius 1 is 1.39 bits per heavy atom. The van der Waals surface area contributed by atoms with Crippen molar-refractivity contribution in [3.63, 3.8) is 0 Å². The Morgan fingerprint density at radius 3 is 2.87 bits per heavy atom. The minimum absolute atomic E-state index is 0.196. The summed E-state index contributed by atoms with van der Waals surface area (Å²) in [5.41, 5.74) is 0.853. The summed E-state index contributed by atoms with van der Waals surface area (Å²) < 4.78 is 7.22. The molecule has 2 heterocycles. The maximum absolute atomic E-state index is 12.8. The van der Waals surface area contributed by atoms with Gasteiger partial charge in [0.05, 0.1) is 18.3 Å². The van der Waals surface area contributed by atoms with Crippen LogP contribution in [0, 0.1) is 0 Å². The van der Waals surface area contributed by atoms with Crippen LogP contribution in [0.2, 0.25) is 0 Å². The Labute approximate surface area is 133 Å². The monoisotopic (exact) mass is 315 g/mol. The molecule has 3 rings (SSSR count). The number of hydrogen-bond acceptors (Lipinski definition) is 4. The maximum Gasteiger partial charge on any atom is 0.331 e. The fraction of sp³-hybridized carbons (Fsp3) is 0.312. The number of amides is 1. The van der Waals surface area contributed by atoms with Crippen molar-refractivity contribution in [2.75, 3.05) is 13.2 Å². The lowest BCUT2D eigenvalue weighted by atomic mass is 10.0. The van der Waals surface area contributed by atoms with E-state index < -0.39 is 12.0 Å². The largest absolute Gasteiger partial charge is 0.491 e. The highest BCUT2D eigenvalue weighted by atomic mass is 16.5. The molecule has 1 aromatic carbocycles. The number of rotatable bonds is 3. The van der Waals surface area contributed by atoms with Gasteiger partial charge in [-0.15, -0.1) is 0 Å². The van der Waals surface area contributed by atoms with Gasteiger partial charge in [0.15, 0.2) is 6.04 Å². The SMILES string of the molecule is CCn1cc(C(=O)N2CCOc3ccccc3C2C(=O)O)cn1. The number of ether oxygens (including phenoxy) is 1. The van der Waals surface area contributed by atoms with Crippen molar-refractivity contribution in [1.29, 1.82) is 0 Å². The number of fused-ring (bicyclic) bond motifs is 1. The number of nitrogens with zero attached hydrogens (tertiary/aromatic N) is 3. The lowest BCUT2D eigenvalue weighted by Gasteiger charge is -2.26. The second-order valence-corrected chi connectivity index (χ2v) is 5.21. The normalized spacial score (nSPS) is 17.1. The van der Waals surface area contributed by atoms with E-state index in [4.69, 9.17) is 4.74 Å². The molecule has 0 aliphatic carbocycles. The van der Waals surface area contributed by atoms with Crippen molar-refractivity contribution < 1.29 is 19.4 Å². The minimum Gasteiger partial charge on any atom is -0.491 e. The molecule has 1 unspecified atom stereocenters. The summed E-state index contributed by atoms with van der Waals surface area (Å²) >= 11 is 0. The number of aryl methyl sites for hydroxylation is 1. The molecule has 1 atom stereocenters. The van der Waals surface area contributed by atoms with Gasteiger partial charge in [0.25, 0.3) is 5.91 Å². The summed E-state index contributed by atoms with van der Waals surface area (Å²) in [6, 6.07) is 5.83. The number of para-hydroxylation sites is 1. The van der Waals surface area contributed by atoms with Crippen LogP contribution in [0.25, 0.3) is 0 Å². The van der Waals surface area contributed by atoms with Gasteiger partial charge in [0.2, 0.25) is 0 Å². The molecule has 0 saturated heterocycles. The van der Waals surface area contributed by atoms with Crippen LogP contribution in [-0.4, -0.2) is 44.8 Å². The molecule has 1 aliphatic rings. The van der Waals surface area contributed by atoms with Crippen molar-refractivity contribution in [2.45, 2.75) is 19.5 Å². The summed E-state index contributed by atoms with van der Waals surface area (Å²) in [6.45, 7) is 3.00. The minimum atomic E-state index is -1.08. The van der Waals surface area contributed by atoms with E-state index in [0.29, 0.717) is 23.4 Å². The third-order valence-corrected chi connectivity index (χ3v) is 3.81. The van der Waals surface area contributed by atoms with Crippen LogP contribution in [-0.2, 0) is 11.3 Å². The Balaban J connectivity index is 2.00. The van der Waals surface area contributed by atoms with E-state index in [1.807, 2.05) is 6.92 Å². The third-order valence-electron chi connectivity index (χ3n) is 3.81. The second-order valence-electron chi connectivity index (χ2n) is 5.21. The highest BCUT2D eigenvalue weighted by Crippen LogP contribution is 2.32. The van der Waals surface area contributed by atoms with Crippen LogP contribution in [0.3, 0.4) is 0 Å². The molecule has 0 bridgehead atoms. The Bertz CT molecular complexity index is 740. The van der Waals surface area contributed by atoms with E-state index >= 15 is 0 Å². The standard InChI is InChI=1S/C16H17N3O4/c1-2-18-10-11(9-17-18)15(20)19-7-8-23-13-6-4-3-5-12(13)14(19)16(21)22/h3-6,9-10,14H,2,7-8H2,1H3,(H,21,22). The zero-order valence-corrected chi connectivity index (χ0v) is 12.7. The van der Waals surface area contributed by atoms with Gasteiger partial charge < -0.3 is 14.7 Å². The molecule has 7 nitrogen and oxygen atoms in total. The van der Waals surface area contributed by atoms with Crippen LogP contribution < -0.4 is 4.74 Å². The van der Waals surface area contributed by atoms with Gasteiger partial charge in [-0.2, -0.15) is 5.10 Å². The van der Waals surface area contributed by atoms with E-state index in [0.717, 1.165) is 0 Å². The summed E-state index contributed by atoms with van der Waals surface area (Å²) in [7, 11) is 0. The molecule has 0 saturated carbocycles. The smallest absolute Gasteiger partial charge is 0.331 e. The summed E-state index contributed by atoms with van der Waals surface area (Å²) in [6.07, 6.45) is 3.08. The first-order valence-corrected chi connectivity index (χ1v) is 7.39. The molecular formula is C16H17N3O4. The van der Waals surface area contributed by atoms with Crippen molar-refractivity contribution in [3.05, 3.63) is 47.8 Å². The molecule has 1 amide bonds. The van der Waals surface area contributed by atoms with Gasteiger partial charge >= 0.3 is 5.97 Å². The molecule has 0 fully saturated rings. The summed E-state index contributed by atoms with van der Waals surface area (Å²) in [4.78, 5) is 25.9. The number of aromatic nitrogens is 2. The molecule has 1 aromatic heterocycles. The van der Waals surface area contributed by atoms with Crippen LogP contribution in [0.15, 0.2) is 36.7 Å². The van der Waals surface area contributed by atoms with Crippen molar-refractivity contribution in [3.8, 4) is 5.75 Å². The maximum atomic E-state index is 12.8. The zero-order chi connectivity index (χ0) is 16.4. The first kappa shape index (κ1) is 15.1. The lowest BCUT2D eigenvalue weighted by Crippen LogP contribution is -2.39. The van der Waals surface area contributed by atoms with Crippen LogP contribution in [0.1, 0.15) is 28.9 Å². The topological polar surface area (TPSA) is 84.7 Å². The number of carbonyl (C=O) groups excluding carboxylic acids is 1. The summed E-state index contributed by atoms with van der Waals surface area (Å²) in [5.74, 6) is -0.948. The molecule has 23 heavy (non-hydrogen) atoms. The first-order valence-electron chi connectivity index (χ1n) is 7.39. The Kier molecular flexibility index (Phi) is 4.01. The van der Waals surface area contributed by atoms with E-state index in [1.165, 1.54) is 11.1 Å². The van der Waals surface area contributed by atoms with Gasteiger partial charge in [-0.05, 0) is 13.0 Å². The van der Waals surface area contributed by atoms with Crippen LogP contribution in [0.5, 0.6) is 5.75 Å². The zero-order valence-electron chi connectivity index (χ0n) is 12.7. The number of aliphatic carboxylic acids is 1. The highest BCUT2D eigenvalue weighted by molar-refractivity contribution is 5.96. The second kappa shape index (κ2) is 6.12. The average molecular weight is 315 g/mol. The highest BCUT2D eigenvalue weighted by Gasteiger charge is 2.36. The number of carboxylic acid groups (broad SMARTS) is 1. The van der Waals surface area contributed by atoms with Gasteiger partial charge in [-0.1, -0.05) is 18.2 Å². The third kappa shape index (κ3) is 2.77. The summed E-state index contributed by atoms with van der Waals surface area (Å²) in [5, 5.41) is 13.7. The van der Waals surface area contributed by atoms with E-state index in [1.54, 1.807) is 35.1 Å². The van der Waals surface area contributed by atoms with Crippen molar-refractivity contribution >= 4 is 11.9 Å². The van der Waals surface area contributed by atoms with Crippen LogP contribution >= 0.6 is 0 Å². The fourth-order valence-corrected chi connectivity index (χ4v) is 2.69. The molecule has 0 spiro atoms. The van der Waals surface area contributed by atoms with Gasteiger partial charge in [0.1, 0.15) is 12.4 Å². The number of hydrogen-bond donors (Lipinski definition) is 1. The van der Waals surface area contributed by atoms with Gasteiger partial charge in [0, 0.05) is 18.3 Å². The van der Waals surface area contributed by atoms with E-state index in [-0.39, 0.29) is 19.1 Å². The molecule has 120 valence electrons. The predicted octanol–water partition coefficient (Wildman–Crippen LogP) is 1.56. The number of carboxylic acids is 1. The van der Waals surface area contributed by atoms with E-state index in [2.05, 4.69) is 5.10 Å². The molecule has 2 aromatic rings. The van der Waals surface area contributed by atoms with Gasteiger partial charge in [-0.25, -0.2) is 4.79 Å². The average Bonchev–Trinajstić information content (AvgIpc) is 2.94. The van der Waals surface area contributed by atoms with Gasteiger partial charge in [-0.3, -0.25) is 9.48 Å². The predicted molar refractivity (Wildman–Crippen MR) is 81.3 cm³/mol. The Morgan fingerprint density at radius 2 is 2.17 bits per heavy atom. The molecular weight excluding hydrogens is 298 g/mol. The fourth-order valence-electron chi connectivity index (χ4n) is 2.69. The molecule has 7 heteroatoms. The van der Waals surface area contributed by atoms with Crippen molar-refractivity contribution in [1.82, 2.24) is 14.7 Å². The number of benzene rings is 1. The van der Waals surface area contributed by atoms with Crippen LogP contribution in [0.4, 0.5) is 0 Å². The molecule has 0 radical (unpaired) electrons. The molecule has 1 aliphatic heterocycles. The lowest BCUT2D eigenvalue weighted by molar-refractivity contribution is -0.142.